The van der Waals surface area contributed by atoms with Gasteiger partial charge < -0.3 is 28.0 Å². The maximum atomic E-state index is 6.00. The Morgan fingerprint density at radius 3 is 2.52 bits per heavy atom. The average molecular weight is 531 g/mol. The van der Waals surface area contributed by atoms with Crippen LogP contribution in [0, 0.1) is 13.8 Å². The summed E-state index contributed by atoms with van der Waals surface area (Å²) in [6, 6.07) is 7.17. The fourth-order valence-electron chi connectivity index (χ4n) is 1.87. The fourth-order valence-corrected chi connectivity index (χ4v) is 2.17. The van der Waals surface area contributed by atoms with Gasteiger partial charge in [-0.25, -0.2) is 0 Å². The van der Waals surface area contributed by atoms with Crippen molar-refractivity contribution in [1.82, 2.24) is 10.1 Å². The molecule has 0 radical (unpaired) electrons. The van der Waals surface area contributed by atoms with E-state index < -0.39 is 0 Å². The SMILES string of the molecule is [CH2-]CN(C[CH2-])CCOCc1cc(-c2ccc(Cl)c(Cl)c2)no1.[Os+2]. The van der Waals surface area contributed by atoms with E-state index >= 15 is 0 Å². The molecular formula is C16H18Cl2N2O2Os. The van der Waals surface area contributed by atoms with Gasteiger partial charge in [-0.3, -0.25) is 0 Å². The van der Waals surface area contributed by atoms with Crippen LogP contribution in [0.1, 0.15) is 5.76 Å². The van der Waals surface area contributed by atoms with Crippen LogP contribution < -0.4 is 0 Å². The van der Waals surface area contributed by atoms with Gasteiger partial charge >= 0.3 is 19.8 Å². The number of halogens is 2. The molecule has 4 nitrogen and oxygen atoms in total. The van der Waals surface area contributed by atoms with Gasteiger partial charge in [0.1, 0.15) is 12.3 Å². The third-order valence-electron chi connectivity index (χ3n) is 3.20. The zero-order valence-corrected chi connectivity index (χ0v) is 16.6. The van der Waals surface area contributed by atoms with Crippen molar-refractivity contribution in [3.63, 3.8) is 0 Å². The first kappa shape index (κ1) is 20.6. The van der Waals surface area contributed by atoms with Crippen LogP contribution in [0.4, 0.5) is 0 Å². The van der Waals surface area contributed by atoms with E-state index in [1.54, 1.807) is 12.1 Å². The van der Waals surface area contributed by atoms with Crippen LogP contribution in [0.3, 0.4) is 0 Å². The summed E-state index contributed by atoms with van der Waals surface area (Å²) in [6.07, 6.45) is 0. The predicted octanol–water partition coefficient (Wildman–Crippen LogP) is 4.13. The van der Waals surface area contributed by atoms with E-state index in [1.807, 2.05) is 12.1 Å². The monoisotopic (exact) mass is 532 g/mol. The largest absolute Gasteiger partial charge is 2.00 e. The summed E-state index contributed by atoms with van der Waals surface area (Å²) in [5.41, 5.74) is 1.55. The molecule has 0 amide bonds. The molecule has 0 spiro atoms. The summed E-state index contributed by atoms with van der Waals surface area (Å²) in [5, 5.41) is 5.02. The minimum Gasteiger partial charge on any atom is -0.372 e. The molecule has 7 heteroatoms. The minimum atomic E-state index is 0. The molecule has 0 saturated heterocycles. The maximum absolute atomic E-state index is 6.00. The minimum absolute atomic E-state index is 0. The van der Waals surface area contributed by atoms with E-state index in [0.29, 0.717) is 34.7 Å². The number of benzene rings is 1. The summed E-state index contributed by atoms with van der Waals surface area (Å²) < 4.78 is 10.8. The molecule has 0 aliphatic rings. The molecule has 1 aromatic carbocycles. The first-order valence-corrected chi connectivity index (χ1v) is 7.69. The summed E-state index contributed by atoms with van der Waals surface area (Å²) in [4.78, 5) is 2.08. The van der Waals surface area contributed by atoms with E-state index in [2.05, 4.69) is 23.9 Å². The summed E-state index contributed by atoms with van der Waals surface area (Å²) in [6.45, 7) is 10.8. The molecule has 23 heavy (non-hydrogen) atoms. The van der Waals surface area contributed by atoms with Gasteiger partial charge in [0.05, 0.1) is 16.7 Å². The Morgan fingerprint density at radius 1 is 1.13 bits per heavy atom. The van der Waals surface area contributed by atoms with Gasteiger partial charge in [0.2, 0.25) is 0 Å². The molecule has 1 aromatic heterocycles. The van der Waals surface area contributed by atoms with Crippen molar-refractivity contribution in [2.45, 2.75) is 6.61 Å². The third kappa shape index (κ3) is 6.17. The van der Waals surface area contributed by atoms with E-state index in [0.717, 1.165) is 25.2 Å². The van der Waals surface area contributed by atoms with Gasteiger partial charge in [0.15, 0.2) is 5.76 Å². The average Bonchev–Trinajstić information content (AvgIpc) is 2.99. The Hall–Kier alpha value is -0.434. The Morgan fingerprint density at radius 2 is 1.87 bits per heavy atom. The molecule has 1 heterocycles. The Bertz CT molecular complexity index is 604. The Kier molecular flexibility index (Phi) is 9.35. The van der Waals surface area contributed by atoms with Crippen molar-refractivity contribution in [3.8, 4) is 11.3 Å². The van der Waals surface area contributed by atoms with Crippen LogP contribution in [-0.2, 0) is 31.1 Å². The molecule has 0 aliphatic carbocycles. The quantitative estimate of drug-likeness (QED) is 0.380. The van der Waals surface area contributed by atoms with Gasteiger partial charge in [0, 0.05) is 18.2 Å². The number of hydrogen-bond acceptors (Lipinski definition) is 4. The fraction of sp³-hybridized carbons (Fsp3) is 0.312. The molecule has 0 saturated carbocycles. The van der Waals surface area contributed by atoms with Crippen LogP contribution in [-0.4, -0.2) is 36.3 Å². The summed E-state index contributed by atoms with van der Waals surface area (Å²) in [5.74, 6) is 0.664. The molecule has 126 valence electrons. The molecule has 0 fully saturated rings. The van der Waals surface area contributed by atoms with Crippen LogP contribution in [0.2, 0.25) is 10.0 Å². The van der Waals surface area contributed by atoms with Gasteiger partial charge in [-0.2, -0.15) is 0 Å². The second kappa shape index (κ2) is 10.4. The first-order valence-electron chi connectivity index (χ1n) is 6.93. The van der Waals surface area contributed by atoms with E-state index in [1.165, 1.54) is 0 Å². The van der Waals surface area contributed by atoms with Gasteiger partial charge in [-0.05, 0) is 12.1 Å². The molecule has 0 aliphatic heterocycles. The number of rotatable bonds is 8. The second-order valence-corrected chi connectivity index (χ2v) is 5.52. The number of aromatic nitrogens is 1. The van der Waals surface area contributed by atoms with Gasteiger partial charge in [-0.15, -0.1) is 13.1 Å². The van der Waals surface area contributed by atoms with Crippen LogP contribution >= 0.6 is 23.2 Å². The zero-order valence-electron chi connectivity index (χ0n) is 12.6. The standard InChI is InChI=1S/C16H18Cl2N2O2.Os/c1-3-20(4-2)7-8-21-11-13-10-16(19-22-13)12-5-6-14(17)15(18)9-12;/h5-6,9-10H,1-4,7-8,11H2;/q-2;+2. The third-order valence-corrected chi connectivity index (χ3v) is 3.94. The van der Waals surface area contributed by atoms with Crippen molar-refractivity contribution >= 4 is 23.2 Å². The first-order chi connectivity index (χ1) is 10.6. The molecular weight excluding hydrogens is 513 g/mol. The van der Waals surface area contributed by atoms with Crippen molar-refractivity contribution in [2.24, 2.45) is 0 Å². The topological polar surface area (TPSA) is 38.5 Å². The number of ether oxygens (including phenoxy) is 1. The number of hydrogen-bond donors (Lipinski definition) is 0. The number of nitrogens with zero attached hydrogens (tertiary/aromatic N) is 2. The predicted molar refractivity (Wildman–Crippen MR) is 88.8 cm³/mol. The van der Waals surface area contributed by atoms with Crippen LogP contribution in [0.25, 0.3) is 11.3 Å². The second-order valence-electron chi connectivity index (χ2n) is 4.70. The zero-order chi connectivity index (χ0) is 15.9. The molecule has 0 atom stereocenters. The van der Waals surface area contributed by atoms with Crippen molar-refractivity contribution in [3.05, 3.63) is 53.9 Å². The van der Waals surface area contributed by atoms with E-state index in [9.17, 15) is 0 Å². The van der Waals surface area contributed by atoms with E-state index in [-0.39, 0.29) is 19.8 Å². The van der Waals surface area contributed by atoms with E-state index in [4.69, 9.17) is 32.5 Å². The van der Waals surface area contributed by atoms with Crippen LogP contribution in [0.15, 0.2) is 28.8 Å². The van der Waals surface area contributed by atoms with Crippen molar-refractivity contribution in [1.29, 1.82) is 0 Å². The molecule has 2 aromatic rings. The molecule has 2 rings (SSSR count). The normalized spacial score (nSPS) is 10.8. The van der Waals surface area contributed by atoms with Crippen molar-refractivity contribution in [2.75, 3.05) is 26.2 Å². The molecule has 0 N–H and O–H groups in total. The Labute approximate surface area is 160 Å². The summed E-state index contributed by atoms with van der Waals surface area (Å²) in [7, 11) is 0. The Balaban J connectivity index is 0.00000264. The van der Waals surface area contributed by atoms with Gasteiger partial charge in [-0.1, -0.05) is 34.4 Å². The molecule has 0 bridgehead atoms. The van der Waals surface area contributed by atoms with Gasteiger partial charge in [0.25, 0.3) is 0 Å². The van der Waals surface area contributed by atoms with Crippen LogP contribution in [0.5, 0.6) is 0 Å². The molecule has 0 unspecified atom stereocenters. The summed E-state index contributed by atoms with van der Waals surface area (Å²) >= 11 is 11.9. The maximum Gasteiger partial charge on any atom is 2.00 e. The smallest absolute Gasteiger partial charge is 0.372 e. The van der Waals surface area contributed by atoms with Crippen molar-refractivity contribution < 1.29 is 29.1 Å².